The van der Waals surface area contributed by atoms with E-state index >= 15 is 0 Å². The Morgan fingerprint density at radius 2 is 0.123 bits per heavy atom. The molecular weight excluding hydrogens is 2680 g/mol. The Kier molecular flexibility index (Phi) is 397. The number of hydrogen-bond donors (Lipinski definition) is 0. The Bertz CT molecular complexity index is 1010. The molecule has 0 saturated heterocycles. The third-order valence-electron chi connectivity index (χ3n) is 0. The fraction of sp³-hybridized carbons (Fsp3) is 0. The van der Waals surface area contributed by atoms with E-state index in [-0.39, 0.29) is 563 Å². The molecule has 0 aliphatic carbocycles. The van der Waals surface area contributed by atoms with Gasteiger partial charge in [0.1, 0.15) is 0 Å². The van der Waals surface area contributed by atoms with Gasteiger partial charge in [0, 0.05) is 92.8 Å². The van der Waals surface area contributed by atoms with Crippen molar-refractivity contribution in [3.05, 3.63) is 0 Å². The molecule has 0 aromatic rings. The first-order valence-electron chi connectivity index (χ1n) is 8.03. The Morgan fingerprint density at radius 3 is 0.123 bits per heavy atom. The van der Waals surface area contributed by atoms with Crippen molar-refractivity contribution in [3.8, 4) is 0 Å². The average Bonchev–Trinajstić information content (AvgIpc) is 2.41. The average molecular weight is 2680 g/mol. The van der Waals surface area contributed by atoms with Crippen LogP contribution in [-0.4, -0.2) is 0 Å². The summed E-state index contributed by atoms with van der Waals surface area (Å²) in [5.74, 6) is 0. The van der Waals surface area contributed by atoms with Gasteiger partial charge in [0.25, 0.3) is 0 Å². The molecule has 0 amide bonds. The van der Waals surface area contributed by atoms with Gasteiger partial charge in [-0.2, -0.15) is 86.0 Å². The molecule has 0 unspecified atom stereocenters. The molecule has 81 heteroatoms. The molecule has 0 rings (SSSR count). The molecule has 0 bridgehead atoms. The maximum absolute atomic E-state index is 8.55. The van der Waals surface area contributed by atoms with Crippen LogP contribution in [0.2, 0.25) is 0 Å². The van der Waals surface area contributed by atoms with Gasteiger partial charge in [0.2, 0.25) is 0 Å². The molecule has 0 aliphatic rings. The van der Waals surface area contributed by atoms with Gasteiger partial charge in [-0.1, -0.05) is 0 Å². The van der Waals surface area contributed by atoms with E-state index < -0.39 is 86.0 Å². The van der Waals surface area contributed by atoms with Crippen LogP contribution >= 0.6 is 86.0 Å². The van der Waals surface area contributed by atoms with Crippen LogP contribution in [0.25, 0.3) is 0 Å². The number of hydrogen-bond acceptors (Lipinski definition) is 44. The molecule has 5 radical (unpaired) electrons. The molecule has 0 saturated carbocycles. The van der Waals surface area contributed by atoms with Gasteiger partial charge < -0.3 is 272 Å². The van der Waals surface area contributed by atoms with E-state index in [1.54, 1.807) is 0 Å². The van der Waals surface area contributed by atoms with Gasteiger partial charge in [-0.05, 0) is 0 Å². The van der Waals surface area contributed by atoms with Gasteiger partial charge in [-0.3, -0.25) is 0 Å². The fourth-order valence-electron chi connectivity index (χ4n) is 0. The summed E-state index contributed by atoms with van der Waals surface area (Å²) in [6, 6.07) is 0. The molecule has 0 aliphatic heterocycles. The van der Waals surface area contributed by atoms with Crippen molar-refractivity contribution in [2.45, 2.75) is 0 Å². The largest absolute Gasteiger partial charge is 3.00 e. The van der Waals surface area contributed by atoms with E-state index in [1.165, 1.54) is 0 Å². The smallest absolute Gasteiger partial charge is 2.00 e. The van der Waals surface area contributed by atoms with Crippen molar-refractivity contribution in [2.24, 2.45) is 0 Å². The van der Waals surface area contributed by atoms with Crippen LogP contribution < -0.4 is 161 Å². The SMILES string of the molecule is O=P([O-])([O-])[O-].O=P([O-])([O-])[O-].O=P([O-])([O-])[O-].O=P([O-])([O-])[O-].O=P([O-])([O-])[O-].O=P([O-])([O-])[O-].O=P([O-])([O-])[O-].O=P([O-])([O-])[O-].O=P([O-])([O-])[O-].O=P([O-])([O-])[O-].O=P([O-])([O-])[O-].[Eu+3].[Eu+3].[Eu+3].[Eu+3].[Eu+3].[O-2].[O-2].[O-2].[O-2].[O-2].[O-2].[O-2].[O-2].[O-2].[O-2].[O-2].[V].[V].[V].[V].[V].[Y+3].[Y+3].[Y+3].[Y+3].[Y+3]. The maximum Gasteiger partial charge on any atom is 3.00 e. The molecule has 0 fully saturated rings. The van der Waals surface area contributed by atoms with E-state index in [0.717, 1.165) is 0 Å². The number of phosphoric acid groups is 11. The van der Waals surface area contributed by atoms with Crippen LogP contribution in [0.15, 0.2) is 0 Å². The molecule has 0 atom stereocenters. The van der Waals surface area contributed by atoms with E-state index in [9.17, 15) is 0 Å². The predicted octanol–water partition coefficient (Wildman–Crippen LogP) is -32.4. The first kappa shape index (κ1) is 248. The molecule has 0 spiro atoms. The van der Waals surface area contributed by atoms with Crippen LogP contribution in [0.4, 0.5) is 0 Å². The summed E-state index contributed by atoms with van der Waals surface area (Å²) < 4.78 is 94.0. The summed E-state index contributed by atoms with van der Waals surface area (Å²) in [5.41, 5.74) is 0. The third kappa shape index (κ3) is 2990. The molecule has 0 N–H and O–H groups in total. The minimum atomic E-state index is -5.39. The van der Waals surface area contributed by atoms with Crippen LogP contribution in [0, 0.1) is 247 Å². The fourth-order valence-corrected chi connectivity index (χ4v) is 0. The third-order valence-corrected chi connectivity index (χ3v) is 0. The summed E-state index contributed by atoms with van der Waals surface area (Å²) in [6.45, 7) is 0. The van der Waals surface area contributed by atoms with Crippen molar-refractivity contribution < 1.29 is 775 Å². The number of rotatable bonds is 0. The standard InChI is InChI=1S/5Eu.11H3O4P.11O.5V.5Y/c;;;;;11*1-5(2,3)4;;;;;;;;;;;;;;;;;;;;;/h;;;;;11*(H3,1,2,3,4);;;;;;;;;;;;;;;;;;;;;/q5*+3;;;;;;;;;;;;11*-2;;;;;;5*+3/p-33. The zero-order valence-electron chi connectivity index (χ0n) is 34.4. The zero-order valence-corrected chi connectivity index (χ0v) is 77.5. The van der Waals surface area contributed by atoms with Crippen LogP contribution in [0.3, 0.4) is 0 Å². The normalized spacial score (nSPS) is 8.01. The second-order valence-corrected chi connectivity index (χ2v) is 14.8. The summed E-state index contributed by atoms with van der Waals surface area (Å²) >= 11 is 0. The van der Waals surface area contributed by atoms with Gasteiger partial charge in [0.05, 0.1) is 0 Å². The molecule has 0 heterocycles. The van der Waals surface area contributed by atoms with Gasteiger partial charge >= 0.3 is 410 Å². The van der Waals surface area contributed by atoms with Crippen LogP contribution in [0.1, 0.15) is 0 Å². The van der Waals surface area contributed by atoms with Crippen molar-refractivity contribution in [1.82, 2.24) is 0 Å². The summed E-state index contributed by atoms with van der Waals surface area (Å²) in [5, 5.41) is 0. The van der Waals surface area contributed by atoms with Crippen molar-refractivity contribution in [3.63, 3.8) is 0 Å². The zero-order chi connectivity index (χ0) is 49.5. The molecule has 0 aromatic heterocycles. The second kappa shape index (κ2) is 130. The Labute approximate surface area is 840 Å². The predicted molar refractivity (Wildman–Crippen MR) is 91.2 cm³/mol. The van der Waals surface area contributed by atoms with Gasteiger partial charge in [-0.25, -0.2) is 0 Å². The summed E-state index contributed by atoms with van der Waals surface area (Å²) in [6.07, 6.45) is 0. The van der Waals surface area contributed by atoms with Gasteiger partial charge in [0.15, 0.2) is 0 Å². The van der Waals surface area contributed by atoms with E-state index in [1.807, 2.05) is 0 Å². The van der Waals surface area contributed by atoms with Gasteiger partial charge in [-0.15, -0.1) is 0 Å². The van der Waals surface area contributed by atoms with Crippen molar-refractivity contribution >= 4 is 86.0 Å². The molecule has 0 aromatic carbocycles. The monoisotopic (exact) mass is 2680 g/mol. The first-order valence-corrected chi connectivity index (χ1v) is 24.1. The van der Waals surface area contributed by atoms with Crippen molar-refractivity contribution in [2.75, 3.05) is 0 Å². The second-order valence-electron chi connectivity index (χ2n) is 4.92. The van der Waals surface area contributed by atoms with E-state index in [2.05, 4.69) is 0 Å². The molecular formula is Eu5O55P11V5Y5-25. The summed E-state index contributed by atoms with van der Waals surface area (Å²) in [7, 11) is -59.3. The minimum absolute atomic E-state index is 0. The molecule has 81 heavy (non-hydrogen) atoms. The first-order chi connectivity index (χ1) is 22.0. The Morgan fingerprint density at radius 1 is 0.123 bits per heavy atom. The molecule has 485 valence electrons. The quantitative estimate of drug-likeness (QED) is 0.203. The van der Waals surface area contributed by atoms with E-state index in [4.69, 9.17) is 212 Å². The van der Waals surface area contributed by atoms with Crippen molar-refractivity contribution in [1.29, 1.82) is 0 Å². The van der Waals surface area contributed by atoms with Crippen LogP contribution in [0.5, 0.6) is 0 Å². The Balaban J connectivity index is -0.00000000728. The maximum atomic E-state index is 8.55. The topological polar surface area (TPSA) is 1260 Å². The minimum Gasteiger partial charge on any atom is -2.00 e. The molecule has 55 nitrogen and oxygen atoms in total. The van der Waals surface area contributed by atoms with E-state index in [0.29, 0.717) is 0 Å². The van der Waals surface area contributed by atoms with Crippen LogP contribution in [-0.2, 0) is 367 Å². The summed E-state index contributed by atoms with van der Waals surface area (Å²) in [4.78, 5) is 282. The Hall–Kier alpha value is 17.1.